The van der Waals surface area contributed by atoms with Crippen LogP contribution in [0.25, 0.3) is 5.70 Å². The highest BCUT2D eigenvalue weighted by molar-refractivity contribution is 6.01. The fourth-order valence-corrected chi connectivity index (χ4v) is 5.04. The van der Waals surface area contributed by atoms with E-state index in [0.29, 0.717) is 32.4 Å². The van der Waals surface area contributed by atoms with Crippen molar-refractivity contribution in [1.29, 1.82) is 0 Å². The van der Waals surface area contributed by atoms with Crippen LogP contribution in [0.5, 0.6) is 0 Å². The Morgan fingerprint density at radius 1 is 0.812 bits per heavy atom. The van der Waals surface area contributed by atoms with Gasteiger partial charge in [0.15, 0.2) is 0 Å². The van der Waals surface area contributed by atoms with Crippen LogP contribution >= 0.6 is 0 Å². The van der Waals surface area contributed by atoms with E-state index in [4.69, 9.17) is 10.5 Å². The lowest BCUT2D eigenvalue weighted by Crippen LogP contribution is -2.31. The lowest BCUT2D eigenvalue weighted by molar-refractivity contribution is -0.117. The zero-order chi connectivity index (χ0) is 34.5. The van der Waals surface area contributed by atoms with Crippen LogP contribution < -0.4 is 32.3 Å². The molecular weight excluding hydrogens is 600 g/mol. The Kier molecular flexibility index (Phi) is 23.1. The molecule has 1 aromatic carbocycles. The molecular formula is C38H64N8O2. The minimum absolute atomic E-state index is 0.0224. The molecule has 268 valence electrons. The van der Waals surface area contributed by atoms with Gasteiger partial charge in [-0.25, -0.2) is 4.99 Å². The maximum atomic E-state index is 12.1. The molecule has 0 unspecified atom stereocenters. The lowest BCUT2D eigenvalue weighted by atomic mass is 10.1. The van der Waals surface area contributed by atoms with Crippen molar-refractivity contribution in [1.82, 2.24) is 21.3 Å². The number of hydrogen-bond acceptors (Lipinski definition) is 5. The molecule has 1 aliphatic carbocycles. The first kappa shape index (κ1) is 40.5. The van der Waals surface area contributed by atoms with Gasteiger partial charge in [-0.3, -0.25) is 10.1 Å². The second kappa shape index (κ2) is 27.3. The standard InChI is InChI=1S/C38H64N8O2/c1-4-6-8-9-10-11-17-27-41-32(3)33-21-23-35(24-22-33)45-37(39)46-38(43-26-7-5-2)44-31-40-25-16-13-18-29-48-30-28-42-36(47)34-19-14-12-15-20-34/h14,19-24,40-41H,3-13,15-18,25-31H2,1-2H3,(H,42,47)(H4,39,43,44,45,46). The van der Waals surface area contributed by atoms with Gasteiger partial charge in [0.1, 0.15) is 0 Å². The number of amides is 1. The zero-order valence-corrected chi connectivity index (χ0v) is 29.9. The first-order chi connectivity index (χ1) is 23.5. The molecule has 7 N–H and O–H groups in total. The zero-order valence-electron chi connectivity index (χ0n) is 29.9. The van der Waals surface area contributed by atoms with E-state index in [0.717, 1.165) is 87.1 Å². The molecule has 1 aliphatic rings. The van der Waals surface area contributed by atoms with Gasteiger partial charge in [0.25, 0.3) is 5.91 Å². The number of nitrogens with one attached hydrogen (secondary N) is 5. The summed E-state index contributed by atoms with van der Waals surface area (Å²) in [5.74, 6) is 0.770. The number of guanidine groups is 2. The van der Waals surface area contributed by atoms with E-state index in [1.807, 2.05) is 42.5 Å². The highest BCUT2D eigenvalue weighted by Gasteiger charge is 2.07. The summed E-state index contributed by atoms with van der Waals surface area (Å²) in [6.45, 7) is 13.4. The first-order valence-corrected chi connectivity index (χ1v) is 18.4. The first-order valence-electron chi connectivity index (χ1n) is 18.4. The van der Waals surface area contributed by atoms with Gasteiger partial charge in [-0.05, 0) is 69.2 Å². The van der Waals surface area contributed by atoms with Gasteiger partial charge in [-0.2, -0.15) is 4.99 Å². The Labute approximate surface area is 290 Å². The molecule has 0 fully saturated rings. The third-order valence-corrected chi connectivity index (χ3v) is 7.94. The number of anilines is 1. The Bertz CT molecular complexity index is 1140. The quantitative estimate of drug-likeness (QED) is 0.0373. The predicted molar refractivity (Wildman–Crippen MR) is 204 cm³/mol. The molecule has 10 heteroatoms. The van der Waals surface area contributed by atoms with Crippen molar-refractivity contribution in [2.45, 2.75) is 104 Å². The van der Waals surface area contributed by atoms with Gasteiger partial charge >= 0.3 is 0 Å². The van der Waals surface area contributed by atoms with Gasteiger partial charge in [0.05, 0.1) is 13.3 Å². The fraction of sp³-hybridized carbons (Fsp3) is 0.605. The van der Waals surface area contributed by atoms with Crippen LogP contribution in [0.15, 0.2) is 64.6 Å². The van der Waals surface area contributed by atoms with Gasteiger partial charge in [-0.15, -0.1) is 0 Å². The van der Waals surface area contributed by atoms with E-state index in [2.05, 4.69) is 57.0 Å². The Morgan fingerprint density at radius 2 is 1.52 bits per heavy atom. The van der Waals surface area contributed by atoms with Crippen molar-refractivity contribution < 1.29 is 9.53 Å². The summed E-state index contributed by atoms with van der Waals surface area (Å²) in [4.78, 5) is 21.2. The molecule has 0 saturated heterocycles. The average molecular weight is 665 g/mol. The number of carbonyl (C=O) groups is 1. The number of unbranched alkanes of at least 4 members (excludes halogenated alkanes) is 9. The number of allylic oxidation sites excluding steroid dienone is 2. The van der Waals surface area contributed by atoms with Crippen molar-refractivity contribution in [2.24, 2.45) is 15.7 Å². The van der Waals surface area contributed by atoms with Crippen LogP contribution in [0, 0.1) is 0 Å². The second-order valence-corrected chi connectivity index (χ2v) is 12.2. The van der Waals surface area contributed by atoms with Crippen molar-refractivity contribution in [3.63, 3.8) is 0 Å². The maximum Gasteiger partial charge on any atom is 0.251 e. The molecule has 0 radical (unpaired) electrons. The van der Waals surface area contributed by atoms with E-state index in [9.17, 15) is 4.79 Å². The van der Waals surface area contributed by atoms with Crippen LogP contribution in [-0.4, -0.2) is 63.9 Å². The topological polar surface area (TPSA) is 137 Å². The number of ether oxygens (including phenoxy) is 1. The summed E-state index contributed by atoms with van der Waals surface area (Å²) < 4.78 is 5.66. The second-order valence-electron chi connectivity index (χ2n) is 12.2. The predicted octanol–water partition coefficient (Wildman–Crippen LogP) is 6.60. The third-order valence-electron chi connectivity index (χ3n) is 7.94. The molecule has 0 saturated carbocycles. The summed E-state index contributed by atoms with van der Waals surface area (Å²) in [7, 11) is 0. The van der Waals surface area contributed by atoms with Crippen molar-refractivity contribution in [3.8, 4) is 0 Å². The van der Waals surface area contributed by atoms with E-state index in [1.165, 1.54) is 44.9 Å². The number of carbonyl (C=O) groups excluding carboxylic acids is 1. The number of aliphatic imine (C=N–C) groups is 2. The third kappa shape index (κ3) is 19.9. The minimum atomic E-state index is -0.0224. The average Bonchev–Trinajstić information content (AvgIpc) is 3.10. The molecule has 10 nitrogen and oxygen atoms in total. The number of nitrogens with two attached hydrogens (primary N) is 1. The van der Waals surface area contributed by atoms with E-state index in [1.54, 1.807) is 0 Å². The van der Waals surface area contributed by atoms with Crippen LogP contribution in [0.3, 0.4) is 0 Å². The summed E-state index contributed by atoms with van der Waals surface area (Å²) in [5.41, 5.74) is 9.85. The maximum absolute atomic E-state index is 12.1. The summed E-state index contributed by atoms with van der Waals surface area (Å²) in [6.07, 6.45) is 22.1. The van der Waals surface area contributed by atoms with Gasteiger partial charge in [0.2, 0.25) is 11.9 Å². The molecule has 2 rings (SSSR count). The highest BCUT2D eigenvalue weighted by atomic mass is 16.5. The molecule has 0 heterocycles. The molecule has 0 bridgehead atoms. The fourth-order valence-electron chi connectivity index (χ4n) is 5.04. The van der Waals surface area contributed by atoms with Gasteiger partial charge in [0, 0.05) is 43.2 Å². The van der Waals surface area contributed by atoms with Crippen molar-refractivity contribution in [2.75, 3.05) is 51.4 Å². The SMILES string of the molecule is C=C(NCCCCCCCCC)c1ccc(N/C(N)=N/C(=N\CNCCCCCOCCNC(=O)C2=CCCC=C2)NCCCC)cc1. The molecule has 48 heavy (non-hydrogen) atoms. The van der Waals surface area contributed by atoms with Crippen molar-refractivity contribution in [3.05, 3.63) is 60.2 Å². The van der Waals surface area contributed by atoms with E-state index >= 15 is 0 Å². The monoisotopic (exact) mass is 665 g/mol. The Hall–Kier alpha value is -3.63. The minimum Gasteiger partial charge on any atom is -0.385 e. The molecule has 1 amide bonds. The molecule has 0 aliphatic heterocycles. The van der Waals surface area contributed by atoms with Crippen LogP contribution in [0.1, 0.15) is 109 Å². The van der Waals surface area contributed by atoms with Crippen LogP contribution in [0.4, 0.5) is 5.69 Å². The molecule has 0 spiro atoms. The van der Waals surface area contributed by atoms with Gasteiger partial charge < -0.3 is 31.7 Å². The summed E-state index contributed by atoms with van der Waals surface area (Å²) >= 11 is 0. The number of rotatable bonds is 26. The highest BCUT2D eigenvalue weighted by Crippen LogP contribution is 2.15. The Balaban J connectivity index is 1.62. The number of nitrogens with zero attached hydrogens (tertiary/aromatic N) is 2. The molecule has 0 atom stereocenters. The molecule has 1 aromatic rings. The van der Waals surface area contributed by atoms with Crippen LogP contribution in [0.2, 0.25) is 0 Å². The molecule has 0 aromatic heterocycles. The number of benzene rings is 1. The summed E-state index contributed by atoms with van der Waals surface area (Å²) in [5, 5.41) is 16.2. The van der Waals surface area contributed by atoms with Crippen LogP contribution in [-0.2, 0) is 9.53 Å². The van der Waals surface area contributed by atoms with Crippen molar-refractivity contribution >= 4 is 29.2 Å². The largest absolute Gasteiger partial charge is 0.385 e. The number of hydrogen-bond donors (Lipinski definition) is 6. The summed E-state index contributed by atoms with van der Waals surface area (Å²) in [6, 6.07) is 8.04. The normalized spacial score (nSPS) is 13.2. The Morgan fingerprint density at radius 3 is 2.27 bits per heavy atom. The lowest BCUT2D eigenvalue weighted by Gasteiger charge is -2.12. The smallest absolute Gasteiger partial charge is 0.251 e. The van der Waals surface area contributed by atoms with E-state index < -0.39 is 0 Å². The van der Waals surface area contributed by atoms with Gasteiger partial charge in [-0.1, -0.05) is 95.7 Å². The van der Waals surface area contributed by atoms with E-state index in [-0.39, 0.29) is 11.9 Å².